The average molecular weight is 348 g/mol. The smallest absolute Gasteiger partial charge is 0.550 e. The van der Waals surface area contributed by atoms with Crippen LogP contribution in [0.25, 0.3) is 0 Å². The van der Waals surface area contributed by atoms with Gasteiger partial charge in [-0.15, -0.1) is 0 Å². The Hall–Kier alpha value is -1.73. The van der Waals surface area contributed by atoms with Crippen LogP contribution in [0.15, 0.2) is 0 Å². The molecule has 13 heteroatoms. The number of carboxylic acid groups (broad SMARTS) is 5. The molecule has 0 aromatic heterocycles. The zero-order valence-electron chi connectivity index (χ0n) is 11.8. The van der Waals surface area contributed by atoms with Gasteiger partial charge < -0.3 is 40.5 Å². The molecule has 0 aliphatic rings. The third kappa shape index (κ3) is 13.6. The molecule has 0 rings (SSSR count). The summed E-state index contributed by atoms with van der Waals surface area (Å²) in [5.74, 6) is -8.18. The van der Waals surface area contributed by atoms with Crippen LogP contribution >= 0.6 is 0 Å². The van der Waals surface area contributed by atoms with Crippen molar-refractivity contribution in [2.75, 3.05) is 0 Å². The zero-order valence-corrected chi connectivity index (χ0v) is 13.8. The molecule has 6 N–H and O–H groups in total. The molecule has 0 aromatic carbocycles. The second kappa shape index (κ2) is 11.8. The minimum atomic E-state index is -2.80. The van der Waals surface area contributed by atoms with E-state index >= 15 is 0 Å². The summed E-state index contributed by atoms with van der Waals surface area (Å²) >= 11 is 0. The second-order valence-corrected chi connectivity index (χ2v) is 3.91. The van der Waals surface area contributed by atoms with Gasteiger partial charge in [0, 0.05) is 12.4 Å². The van der Waals surface area contributed by atoms with Crippen LogP contribution in [0.4, 0.5) is 0 Å². The molecule has 126 valence electrons. The van der Waals surface area contributed by atoms with Gasteiger partial charge in [0.25, 0.3) is 0 Å². The van der Waals surface area contributed by atoms with E-state index in [1.165, 1.54) is 0 Å². The van der Waals surface area contributed by atoms with Crippen LogP contribution in [-0.2, 0) is 24.0 Å². The number of rotatable bonds is 8. The molecule has 0 aliphatic heterocycles. The van der Waals surface area contributed by atoms with Crippen molar-refractivity contribution in [1.29, 1.82) is 0 Å². The van der Waals surface area contributed by atoms with Crippen molar-refractivity contribution >= 4 is 29.8 Å². The van der Waals surface area contributed by atoms with Crippen molar-refractivity contribution in [2.24, 2.45) is 0 Å². The maximum absolute atomic E-state index is 10.3. The number of aliphatic hydroxyl groups is 2. The van der Waals surface area contributed by atoms with Crippen molar-refractivity contribution in [3.8, 4) is 0 Å². The molecule has 0 aromatic rings. The summed E-state index contributed by atoms with van der Waals surface area (Å²) in [4.78, 5) is 49.7. The van der Waals surface area contributed by atoms with Crippen molar-refractivity contribution in [3.63, 3.8) is 0 Å². The zero-order chi connectivity index (χ0) is 18.1. The van der Waals surface area contributed by atoms with Crippen LogP contribution in [-0.4, -0.2) is 72.2 Å². The fourth-order valence-corrected chi connectivity index (χ4v) is 0.955. The predicted octanol–water partition coefficient (Wildman–Crippen LogP) is -6.67. The number of carboxylic acids is 5. The quantitative estimate of drug-likeness (QED) is 0.225. The Morgan fingerprint density at radius 1 is 0.913 bits per heavy atom. The van der Waals surface area contributed by atoms with Crippen molar-refractivity contribution < 1.29 is 89.3 Å². The summed E-state index contributed by atoms with van der Waals surface area (Å²) in [5.41, 5.74) is -2.80. The summed E-state index contributed by atoms with van der Waals surface area (Å²) in [7, 11) is 0. The molecule has 0 aliphatic carbocycles. The first-order valence-electron chi connectivity index (χ1n) is 5.32. The SMILES string of the molecule is O=C(O)CC(O)C(=O)O.O=C([O-])CC(O)(CC(=O)O)C(=O)O.[Na+]. The normalized spacial score (nSPS) is 13.1. The van der Waals surface area contributed by atoms with Gasteiger partial charge >= 0.3 is 53.4 Å². The minimum Gasteiger partial charge on any atom is -0.550 e. The third-order valence-corrected chi connectivity index (χ3v) is 1.93. The number of carbonyl (C=O) groups excluding carboxylic acids is 1. The molecular formula is C10H13NaO12. The fraction of sp³-hybridized carbons (Fsp3) is 0.500. The van der Waals surface area contributed by atoms with Crippen LogP contribution in [0.3, 0.4) is 0 Å². The first-order valence-corrected chi connectivity index (χ1v) is 5.32. The Kier molecular flexibility index (Phi) is 13.4. The van der Waals surface area contributed by atoms with Gasteiger partial charge in [0.1, 0.15) is 0 Å². The monoisotopic (exact) mass is 348 g/mol. The van der Waals surface area contributed by atoms with Crippen LogP contribution in [0.1, 0.15) is 19.3 Å². The van der Waals surface area contributed by atoms with Gasteiger partial charge in [0.2, 0.25) is 0 Å². The maximum atomic E-state index is 10.3. The van der Waals surface area contributed by atoms with E-state index in [0.29, 0.717) is 0 Å². The Labute approximate surface area is 150 Å². The second-order valence-electron chi connectivity index (χ2n) is 3.91. The Morgan fingerprint density at radius 2 is 1.35 bits per heavy atom. The molecule has 0 radical (unpaired) electrons. The number of carbonyl (C=O) groups is 5. The largest absolute Gasteiger partial charge is 1.00 e. The minimum absolute atomic E-state index is 0. The van der Waals surface area contributed by atoms with Crippen molar-refractivity contribution in [3.05, 3.63) is 0 Å². The van der Waals surface area contributed by atoms with E-state index in [1.54, 1.807) is 0 Å². The molecule has 0 amide bonds. The molecule has 0 spiro atoms. The molecule has 0 bridgehead atoms. The van der Waals surface area contributed by atoms with E-state index in [-0.39, 0.29) is 29.6 Å². The van der Waals surface area contributed by atoms with Gasteiger partial charge in [-0.2, -0.15) is 0 Å². The first kappa shape index (κ1) is 26.2. The molecule has 2 atom stereocenters. The van der Waals surface area contributed by atoms with Gasteiger partial charge in [-0.25, -0.2) is 9.59 Å². The van der Waals surface area contributed by atoms with E-state index in [1.807, 2.05) is 0 Å². The first-order chi connectivity index (χ1) is 9.81. The van der Waals surface area contributed by atoms with Gasteiger partial charge in [0.05, 0.1) is 12.8 Å². The Bertz CT molecular complexity index is 443. The standard InChI is InChI=1S/C6H8O7.C4H6O5.Na/c7-3(8)1-6(13,5(11)12)2-4(9)10;5-2(4(8)9)1-3(6)7;/h13H,1-2H2,(H,7,8)(H,9,10)(H,11,12);2,5H,1H2,(H,6,7)(H,8,9);/q;;+1/p-1. The van der Waals surface area contributed by atoms with Crippen LogP contribution in [0.5, 0.6) is 0 Å². The molecule has 0 saturated carbocycles. The summed E-state index contributed by atoms with van der Waals surface area (Å²) in [5, 5.41) is 59.6. The summed E-state index contributed by atoms with van der Waals surface area (Å²) < 4.78 is 0. The number of hydrogen-bond acceptors (Lipinski definition) is 8. The predicted molar refractivity (Wildman–Crippen MR) is 60.4 cm³/mol. The summed E-state index contributed by atoms with van der Waals surface area (Å²) in [6.07, 6.45) is -4.98. The Morgan fingerprint density at radius 3 is 1.52 bits per heavy atom. The van der Waals surface area contributed by atoms with Gasteiger partial charge in [-0.05, 0) is 0 Å². The number of aliphatic hydroxyl groups excluding tert-OH is 1. The third-order valence-electron chi connectivity index (χ3n) is 1.93. The van der Waals surface area contributed by atoms with Crippen LogP contribution < -0.4 is 34.7 Å². The van der Waals surface area contributed by atoms with E-state index < -0.39 is 60.8 Å². The molecule has 2 unspecified atom stereocenters. The van der Waals surface area contributed by atoms with Crippen molar-refractivity contribution in [2.45, 2.75) is 31.0 Å². The molecule has 0 fully saturated rings. The molecular weight excluding hydrogens is 335 g/mol. The van der Waals surface area contributed by atoms with E-state index in [0.717, 1.165) is 0 Å². The van der Waals surface area contributed by atoms with E-state index in [4.69, 9.17) is 30.6 Å². The van der Waals surface area contributed by atoms with Crippen LogP contribution in [0, 0.1) is 0 Å². The molecule has 0 saturated heterocycles. The maximum Gasteiger partial charge on any atom is 1.00 e. The van der Waals surface area contributed by atoms with Gasteiger partial charge in [-0.3, -0.25) is 9.59 Å². The van der Waals surface area contributed by atoms with E-state index in [2.05, 4.69) is 0 Å². The Balaban J connectivity index is -0.000000354. The van der Waals surface area contributed by atoms with Gasteiger partial charge in [0.15, 0.2) is 11.7 Å². The van der Waals surface area contributed by atoms with E-state index in [9.17, 15) is 29.1 Å². The molecule has 23 heavy (non-hydrogen) atoms. The van der Waals surface area contributed by atoms with Crippen LogP contribution in [0.2, 0.25) is 0 Å². The number of hydrogen-bond donors (Lipinski definition) is 6. The van der Waals surface area contributed by atoms with Gasteiger partial charge in [-0.1, -0.05) is 0 Å². The molecule has 12 nitrogen and oxygen atoms in total. The summed E-state index contributed by atoms with van der Waals surface area (Å²) in [6, 6.07) is 0. The molecule has 0 heterocycles. The fourth-order valence-electron chi connectivity index (χ4n) is 0.955. The number of aliphatic carboxylic acids is 5. The van der Waals surface area contributed by atoms with Crippen molar-refractivity contribution in [1.82, 2.24) is 0 Å². The topological polar surface area (TPSA) is 230 Å². The summed E-state index contributed by atoms with van der Waals surface area (Å²) in [6.45, 7) is 0. The average Bonchev–Trinajstić information content (AvgIpc) is 2.25.